The summed E-state index contributed by atoms with van der Waals surface area (Å²) in [6, 6.07) is 0. The van der Waals surface area contributed by atoms with Gasteiger partial charge < -0.3 is 14.9 Å². The minimum atomic E-state index is -4.53. The number of alkyl halides is 3. The van der Waals surface area contributed by atoms with Crippen LogP contribution in [0.15, 0.2) is 12.2 Å². The van der Waals surface area contributed by atoms with Crippen molar-refractivity contribution >= 4 is 12.0 Å². The van der Waals surface area contributed by atoms with Gasteiger partial charge in [-0.15, -0.1) is 0 Å². The van der Waals surface area contributed by atoms with Gasteiger partial charge in [-0.3, -0.25) is 9.48 Å². The molecule has 2 amide bonds. The summed E-state index contributed by atoms with van der Waals surface area (Å²) in [6.45, 7) is 2.43. The first-order chi connectivity index (χ1) is 11.2. The van der Waals surface area contributed by atoms with Crippen molar-refractivity contribution in [2.45, 2.75) is 25.7 Å². The molecule has 0 fully saturated rings. The van der Waals surface area contributed by atoms with Crippen LogP contribution in [0.4, 0.5) is 18.0 Å². The van der Waals surface area contributed by atoms with Gasteiger partial charge in [-0.25, -0.2) is 4.79 Å². The maximum atomic E-state index is 12.8. The molecule has 3 rings (SSSR count). The fraction of sp³-hybridized carbons (Fsp3) is 0.500. The van der Waals surface area contributed by atoms with Gasteiger partial charge in [-0.1, -0.05) is 6.58 Å². The minimum Gasteiger partial charge on any atom is -0.465 e. The molecule has 1 aromatic heterocycles. The van der Waals surface area contributed by atoms with E-state index in [9.17, 15) is 22.8 Å². The Hall–Kier alpha value is -2.52. The molecule has 2 aliphatic rings. The smallest absolute Gasteiger partial charge is 0.407 e. The zero-order valence-corrected chi connectivity index (χ0v) is 12.6. The zero-order chi connectivity index (χ0) is 17.6. The Morgan fingerprint density at radius 3 is 2.62 bits per heavy atom. The second-order valence-electron chi connectivity index (χ2n) is 5.91. The Labute approximate surface area is 134 Å². The van der Waals surface area contributed by atoms with E-state index in [0.29, 0.717) is 28.2 Å². The molecule has 0 bridgehead atoms. The van der Waals surface area contributed by atoms with E-state index in [0.717, 1.165) is 4.90 Å². The maximum absolute atomic E-state index is 12.8. The SMILES string of the molecule is C=C1CN(CC(F)(F)F)C(=O)c2c3c(nn2C1)CCN(C(=O)O)C3. The highest BCUT2D eigenvalue weighted by Gasteiger charge is 2.38. The van der Waals surface area contributed by atoms with Crippen molar-refractivity contribution in [3.8, 4) is 0 Å². The number of hydrogen-bond acceptors (Lipinski definition) is 3. The average molecular weight is 344 g/mol. The lowest BCUT2D eigenvalue weighted by Crippen LogP contribution is -2.40. The van der Waals surface area contributed by atoms with Crippen molar-refractivity contribution in [1.29, 1.82) is 0 Å². The lowest BCUT2D eigenvalue weighted by Gasteiger charge is -2.25. The van der Waals surface area contributed by atoms with Gasteiger partial charge in [0.25, 0.3) is 5.91 Å². The molecule has 0 aliphatic carbocycles. The molecule has 0 radical (unpaired) electrons. The van der Waals surface area contributed by atoms with Gasteiger partial charge in [-0.05, 0) is 5.57 Å². The third-order valence-corrected chi connectivity index (χ3v) is 4.02. The molecule has 1 N–H and O–H groups in total. The van der Waals surface area contributed by atoms with E-state index in [4.69, 9.17) is 5.11 Å². The number of nitrogens with zero attached hydrogens (tertiary/aromatic N) is 4. The van der Waals surface area contributed by atoms with Crippen molar-refractivity contribution in [1.82, 2.24) is 19.6 Å². The van der Waals surface area contributed by atoms with E-state index in [1.54, 1.807) is 0 Å². The van der Waals surface area contributed by atoms with Crippen molar-refractivity contribution in [3.05, 3.63) is 29.1 Å². The van der Waals surface area contributed by atoms with Crippen LogP contribution in [0.5, 0.6) is 0 Å². The Kier molecular flexibility index (Phi) is 3.77. The van der Waals surface area contributed by atoms with Gasteiger partial charge >= 0.3 is 12.3 Å². The summed E-state index contributed by atoms with van der Waals surface area (Å²) in [4.78, 5) is 25.6. The first-order valence-corrected chi connectivity index (χ1v) is 7.25. The summed E-state index contributed by atoms with van der Waals surface area (Å²) in [5, 5.41) is 13.4. The van der Waals surface area contributed by atoms with Gasteiger partial charge in [0.05, 0.1) is 18.8 Å². The summed E-state index contributed by atoms with van der Waals surface area (Å²) < 4.78 is 39.6. The number of carboxylic acid groups (broad SMARTS) is 1. The fourth-order valence-corrected chi connectivity index (χ4v) is 3.04. The Morgan fingerprint density at radius 1 is 1.29 bits per heavy atom. The Balaban J connectivity index is 2.01. The van der Waals surface area contributed by atoms with Crippen molar-refractivity contribution in [2.75, 3.05) is 19.6 Å². The lowest BCUT2D eigenvalue weighted by atomic mass is 10.0. The second kappa shape index (κ2) is 5.53. The molecule has 0 atom stereocenters. The molecule has 0 saturated heterocycles. The van der Waals surface area contributed by atoms with Gasteiger partial charge in [0.15, 0.2) is 0 Å². The summed E-state index contributed by atoms with van der Waals surface area (Å²) in [7, 11) is 0. The molecule has 7 nitrogen and oxygen atoms in total. The van der Waals surface area contributed by atoms with Crippen LogP contribution in [-0.2, 0) is 19.5 Å². The molecular weight excluding hydrogens is 329 g/mol. The van der Waals surface area contributed by atoms with Crippen molar-refractivity contribution in [2.24, 2.45) is 0 Å². The molecule has 1 aromatic rings. The van der Waals surface area contributed by atoms with Crippen LogP contribution >= 0.6 is 0 Å². The summed E-state index contributed by atoms with van der Waals surface area (Å²) in [6.07, 6.45) is -5.35. The average Bonchev–Trinajstić information content (AvgIpc) is 2.75. The highest BCUT2D eigenvalue weighted by molar-refractivity contribution is 5.95. The van der Waals surface area contributed by atoms with Crippen LogP contribution in [0.25, 0.3) is 0 Å². The van der Waals surface area contributed by atoms with E-state index in [2.05, 4.69) is 11.7 Å². The van der Waals surface area contributed by atoms with Gasteiger partial charge in [0.2, 0.25) is 0 Å². The molecule has 0 unspecified atom stereocenters. The van der Waals surface area contributed by atoms with E-state index < -0.39 is 24.7 Å². The third-order valence-electron chi connectivity index (χ3n) is 4.02. The molecule has 130 valence electrons. The third kappa shape index (κ3) is 2.95. The van der Waals surface area contributed by atoms with E-state index in [1.165, 1.54) is 4.68 Å². The predicted molar refractivity (Wildman–Crippen MR) is 75.5 cm³/mol. The summed E-state index contributed by atoms with van der Waals surface area (Å²) >= 11 is 0. The molecule has 2 aliphatic heterocycles. The van der Waals surface area contributed by atoms with E-state index >= 15 is 0 Å². The first kappa shape index (κ1) is 16.3. The fourth-order valence-electron chi connectivity index (χ4n) is 3.04. The number of hydrogen-bond donors (Lipinski definition) is 1. The largest absolute Gasteiger partial charge is 0.465 e. The maximum Gasteiger partial charge on any atom is 0.407 e. The van der Waals surface area contributed by atoms with Gasteiger partial charge in [0, 0.05) is 25.1 Å². The van der Waals surface area contributed by atoms with Crippen LogP contribution in [0, 0.1) is 0 Å². The van der Waals surface area contributed by atoms with Crippen LogP contribution in [0.2, 0.25) is 0 Å². The lowest BCUT2D eigenvalue weighted by molar-refractivity contribution is -0.139. The first-order valence-electron chi connectivity index (χ1n) is 7.25. The highest BCUT2D eigenvalue weighted by Crippen LogP contribution is 2.28. The molecule has 0 saturated carbocycles. The van der Waals surface area contributed by atoms with Crippen molar-refractivity contribution in [3.63, 3.8) is 0 Å². The topological polar surface area (TPSA) is 78.7 Å². The van der Waals surface area contributed by atoms with E-state index in [1.807, 2.05) is 0 Å². The van der Waals surface area contributed by atoms with E-state index in [-0.39, 0.29) is 31.9 Å². The summed E-state index contributed by atoms with van der Waals surface area (Å²) in [5.41, 5.74) is 1.40. The standard InChI is InChI=1S/C14H15F3N4O3/c1-8-4-20(7-14(15,16)17)12(22)11-9-6-19(13(23)24)3-2-10(9)18-21(11)5-8/h1-7H2,(H,23,24). The van der Waals surface area contributed by atoms with Crippen LogP contribution in [0.1, 0.15) is 21.7 Å². The monoisotopic (exact) mass is 344 g/mol. The van der Waals surface area contributed by atoms with Crippen molar-refractivity contribution < 1.29 is 27.9 Å². The molecule has 3 heterocycles. The number of fused-ring (bicyclic) bond motifs is 3. The number of amides is 2. The van der Waals surface area contributed by atoms with Crippen LogP contribution < -0.4 is 0 Å². The minimum absolute atomic E-state index is 0.0267. The number of carbonyl (C=O) groups is 2. The zero-order valence-electron chi connectivity index (χ0n) is 12.6. The molecule has 0 spiro atoms. The number of rotatable bonds is 1. The normalized spacial score (nSPS) is 18.3. The molecule has 10 heteroatoms. The van der Waals surface area contributed by atoms with Gasteiger partial charge in [-0.2, -0.15) is 18.3 Å². The highest BCUT2D eigenvalue weighted by atomic mass is 19.4. The number of aromatic nitrogens is 2. The Bertz CT molecular complexity index is 726. The number of carbonyl (C=O) groups excluding carboxylic acids is 1. The second-order valence-corrected chi connectivity index (χ2v) is 5.91. The Morgan fingerprint density at radius 2 is 2.00 bits per heavy atom. The molecular formula is C14H15F3N4O3. The quantitative estimate of drug-likeness (QED) is 0.783. The summed E-state index contributed by atoms with van der Waals surface area (Å²) in [5.74, 6) is -0.799. The predicted octanol–water partition coefficient (Wildman–Crippen LogP) is 1.49. The molecule has 24 heavy (non-hydrogen) atoms. The molecule has 0 aromatic carbocycles. The van der Waals surface area contributed by atoms with Gasteiger partial charge in [0.1, 0.15) is 12.2 Å². The van der Waals surface area contributed by atoms with Crippen LogP contribution in [-0.4, -0.2) is 62.5 Å². The number of halogens is 3. The van der Waals surface area contributed by atoms with Crippen LogP contribution in [0.3, 0.4) is 0 Å².